The van der Waals surface area contributed by atoms with E-state index >= 15 is 0 Å². The lowest BCUT2D eigenvalue weighted by Crippen LogP contribution is -2.14. The lowest BCUT2D eigenvalue weighted by Gasteiger charge is -2.05. The summed E-state index contributed by atoms with van der Waals surface area (Å²) < 4.78 is 39.0. The van der Waals surface area contributed by atoms with Crippen LogP contribution in [0.15, 0.2) is 12.1 Å². The zero-order chi connectivity index (χ0) is 12.0. The zero-order valence-electron chi connectivity index (χ0n) is 9.32. The Balaban J connectivity index is 2.47. The van der Waals surface area contributed by atoms with Gasteiger partial charge in [0.15, 0.2) is 0 Å². The van der Waals surface area contributed by atoms with Crippen molar-refractivity contribution in [2.45, 2.75) is 26.2 Å². The van der Waals surface area contributed by atoms with Gasteiger partial charge in [-0.15, -0.1) is 0 Å². The van der Waals surface area contributed by atoms with Gasteiger partial charge in [-0.25, -0.2) is 13.2 Å². The molecule has 0 aliphatic heterocycles. The Morgan fingerprint density at radius 2 is 1.69 bits per heavy atom. The largest absolute Gasteiger partial charge is 0.317 e. The summed E-state index contributed by atoms with van der Waals surface area (Å²) in [5.41, 5.74) is -0.0158. The van der Waals surface area contributed by atoms with E-state index in [4.69, 9.17) is 0 Å². The first-order valence-corrected chi connectivity index (χ1v) is 5.49. The van der Waals surface area contributed by atoms with Crippen molar-refractivity contribution in [2.75, 3.05) is 13.1 Å². The quantitative estimate of drug-likeness (QED) is 0.742. The molecule has 0 spiro atoms. The molecule has 0 saturated heterocycles. The molecule has 0 aliphatic rings. The number of benzene rings is 1. The predicted octanol–water partition coefficient (Wildman–Crippen LogP) is 3.04. The van der Waals surface area contributed by atoms with Crippen LogP contribution in [0.4, 0.5) is 13.2 Å². The van der Waals surface area contributed by atoms with Crippen LogP contribution in [0.2, 0.25) is 0 Å². The molecule has 4 heteroatoms. The second-order valence-electron chi connectivity index (χ2n) is 3.66. The van der Waals surface area contributed by atoms with E-state index in [1.54, 1.807) is 0 Å². The van der Waals surface area contributed by atoms with Crippen LogP contribution < -0.4 is 5.32 Å². The highest BCUT2D eigenvalue weighted by Crippen LogP contribution is 2.16. The van der Waals surface area contributed by atoms with Crippen LogP contribution in [0.1, 0.15) is 25.3 Å². The third-order valence-corrected chi connectivity index (χ3v) is 2.39. The first kappa shape index (κ1) is 13.0. The SMILES string of the molecule is CCNCCCCc1c(F)cc(F)cc1F. The zero-order valence-corrected chi connectivity index (χ0v) is 9.32. The van der Waals surface area contributed by atoms with Gasteiger partial charge in [-0.3, -0.25) is 0 Å². The third-order valence-electron chi connectivity index (χ3n) is 2.39. The number of hydrogen-bond acceptors (Lipinski definition) is 1. The van der Waals surface area contributed by atoms with Gasteiger partial charge in [-0.05, 0) is 32.4 Å². The molecule has 16 heavy (non-hydrogen) atoms. The topological polar surface area (TPSA) is 12.0 Å². The van der Waals surface area contributed by atoms with Crippen molar-refractivity contribution in [1.29, 1.82) is 0 Å². The van der Waals surface area contributed by atoms with E-state index < -0.39 is 17.5 Å². The van der Waals surface area contributed by atoms with Gasteiger partial charge in [0.25, 0.3) is 0 Å². The smallest absolute Gasteiger partial charge is 0.132 e. The molecule has 1 nitrogen and oxygen atoms in total. The lowest BCUT2D eigenvalue weighted by molar-refractivity contribution is 0.516. The fraction of sp³-hybridized carbons (Fsp3) is 0.500. The molecule has 90 valence electrons. The summed E-state index contributed by atoms with van der Waals surface area (Å²) in [4.78, 5) is 0. The highest BCUT2D eigenvalue weighted by Gasteiger charge is 2.10. The molecule has 0 amide bonds. The van der Waals surface area contributed by atoms with Gasteiger partial charge < -0.3 is 5.32 Å². The maximum absolute atomic E-state index is 13.2. The second kappa shape index (κ2) is 6.53. The second-order valence-corrected chi connectivity index (χ2v) is 3.66. The molecule has 1 aromatic rings. The van der Waals surface area contributed by atoms with Crippen LogP contribution in [0.3, 0.4) is 0 Å². The molecular formula is C12H16F3N. The van der Waals surface area contributed by atoms with Crippen LogP contribution in [0, 0.1) is 17.5 Å². The standard InChI is InChI=1S/C12H16F3N/c1-2-16-6-4-3-5-10-11(14)7-9(13)8-12(10)15/h7-8,16H,2-6H2,1H3. The molecule has 0 radical (unpaired) electrons. The molecule has 0 bridgehead atoms. The van der Waals surface area contributed by atoms with Crippen molar-refractivity contribution in [2.24, 2.45) is 0 Å². The molecule has 0 aromatic heterocycles. The molecule has 1 N–H and O–H groups in total. The van der Waals surface area contributed by atoms with E-state index in [0.29, 0.717) is 12.8 Å². The highest BCUT2D eigenvalue weighted by molar-refractivity contribution is 5.20. The summed E-state index contributed by atoms with van der Waals surface area (Å²) in [6.45, 7) is 3.72. The Labute approximate surface area is 93.7 Å². The van der Waals surface area contributed by atoms with E-state index in [0.717, 1.165) is 31.6 Å². The van der Waals surface area contributed by atoms with Crippen molar-refractivity contribution >= 4 is 0 Å². The molecule has 0 saturated carbocycles. The van der Waals surface area contributed by atoms with Crippen molar-refractivity contribution in [3.8, 4) is 0 Å². The summed E-state index contributed by atoms with van der Waals surface area (Å²) >= 11 is 0. The molecular weight excluding hydrogens is 215 g/mol. The Hall–Kier alpha value is -1.03. The summed E-state index contributed by atoms with van der Waals surface area (Å²) in [7, 11) is 0. The fourth-order valence-electron chi connectivity index (χ4n) is 1.54. The highest BCUT2D eigenvalue weighted by atomic mass is 19.1. The Morgan fingerprint density at radius 3 is 2.25 bits per heavy atom. The molecule has 1 aromatic carbocycles. The Morgan fingerprint density at radius 1 is 1.06 bits per heavy atom. The van der Waals surface area contributed by atoms with Gasteiger partial charge in [-0.2, -0.15) is 0 Å². The molecule has 1 rings (SSSR count). The summed E-state index contributed by atoms with van der Waals surface area (Å²) in [5.74, 6) is -2.45. The van der Waals surface area contributed by atoms with Gasteiger partial charge in [0, 0.05) is 17.7 Å². The van der Waals surface area contributed by atoms with Crippen molar-refractivity contribution in [3.63, 3.8) is 0 Å². The average Bonchev–Trinajstić information content (AvgIpc) is 2.20. The van der Waals surface area contributed by atoms with E-state index in [9.17, 15) is 13.2 Å². The molecule has 0 heterocycles. The normalized spacial score (nSPS) is 10.8. The number of hydrogen-bond donors (Lipinski definition) is 1. The number of rotatable bonds is 6. The van der Waals surface area contributed by atoms with Crippen LogP contribution >= 0.6 is 0 Å². The molecule has 0 fully saturated rings. The lowest BCUT2D eigenvalue weighted by atomic mass is 10.1. The number of halogens is 3. The Kier molecular flexibility index (Phi) is 5.32. The van der Waals surface area contributed by atoms with E-state index in [1.165, 1.54) is 0 Å². The van der Waals surface area contributed by atoms with E-state index in [1.807, 2.05) is 6.92 Å². The summed E-state index contributed by atoms with van der Waals surface area (Å²) in [6.07, 6.45) is 1.85. The first-order valence-electron chi connectivity index (χ1n) is 5.49. The molecule has 0 aliphatic carbocycles. The minimum Gasteiger partial charge on any atom is -0.317 e. The van der Waals surface area contributed by atoms with Gasteiger partial charge in [0.2, 0.25) is 0 Å². The Bertz CT molecular complexity index is 316. The van der Waals surface area contributed by atoms with E-state index in [2.05, 4.69) is 5.32 Å². The van der Waals surface area contributed by atoms with Crippen molar-refractivity contribution in [1.82, 2.24) is 5.32 Å². The van der Waals surface area contributed by atoms with Crippen LogP contribution in [-0.4, -0.2) is 13.1 Å². The van der Waals surface area contributed by atoms with Crippen LogP contribution in [-0.2, 0) is 6.42 Å². The minimum atomic E-state index is -0.869. The fourth-order valence-corrected chi connectivity index (χ4v) is 1.54. The van der Waals surface area contributed by atoms with Crippen LogP contribution in [0.25, 0.3) is 0 Å². The van der Waals surface area contributed by atoms with Gasteiger partial charge >= 0.3 is 0 Å². The number of unbranched alkanes of at least 4 members (excludes halogenated alkanes) is 1. The minimum absolute atomic E-state index is 0.0158. The first-order chi connectivity index (χ1) is 7.65. The number of nitrogens with one attached hydrogen (secondary N) is 1. The van der Waals surface area contributed by atoms with Gasteiger partial charge in [0.05, 0.1) is 0 Å². The van der Waals surface area contributed by atoms with Gasteiger partial charge in [0.1, 0.15) is 17.5 Å². The average molecular weight is 231 g/mol. The molecule has 0 atom stereocenters. The summed E-state index contributed by atoms with van der Waals surface area (Å²) in [6, 6.07) is 1.45. The molecule has 0 unspecified atom stereocenters. The predicted molar refractivity (Wildman–Crippen MR) is 57.8 cm³/mol. The van der Waals surface area contributed by atoms with Crippen molar-refractivity contribution < 1.29 is 13.2 Å². The van der Waals surface area contributed by atoms with Gasteiger partial charge in [-0.1, -0.05) is 6.92 Å². The van der Waals surface area contributed by atoms with Crippen molar-refractivity contribution in [3.05, 3.63) is 35.1 Å². The maximum Gasteiger partial charge on any atom is 0.132 e. The van der Waals surface area contributed by atoms with E-state index in [-0.39, 0.29) is 5.56 Å². The maximum atomic E-state index is 13.2. The summed E-state index contributed by atoms with van der Waals surface area (Å²) in [5, 5.41) is 3.13. The van der Waals surface area contributed by atoms with Crippen LogP contribution in [0.5, 0.6) is 0 Å². The third kappa shape index (κ3) is 3.85. The monoisotopic (exact) mass is 231 g/mol.